The molecule has 0 heterocycles. The minimum absolute atomic E-state index is 0.500. The van der Waals surface area contributed by atoms with Crippen LogP contribution in [0.25, 0.3) is 0 Å². The molecule has 0 radical (unpaired) electrons. The summed E-state index contributed by atoms with van der Waals surface area (Å²) in [5, 5.41) is 30.0. The second-order valence-corrected chi connectivity index (χ2v) is 8.47. The molecule has 2 rings (SSSR count). The van der Waals surface area contributed by atoms with Crippen molar-refractivity contribution < 1.29 is 33.1 Å². The first kappa shape index (κ1) is 15.4. The molecule has 0 fully saturated rings. The number of nitrogens with zero attached hydrogens (tertiary/aromatic N) is 2. The van der Waals surface area contributed by atoms with Crippen LogP contribution in [0.3, 0.4) is 0 Å². The Kier molecular flexibility index (Phi) is 9.89. The van der Waals surface area contributed by atoms with Crippen molar-refractivity contribution in [2.45, 2.75) is 12.8 Å². The molecule has 84 valence electrons. The molecule has 0 bridgehead atoms. The van der Waals surface area contributed by atoms with Crippen molar-refractivity contribution in [3.8, 4) is 12.5 Å². The molecule has 5 heteroatoms. The van der Waals surface area contributed by atoms with Gasteiger partial charge in [0.05, 0.1) is 0 Å². The minimum Gasteiger partial charge on any atom is -0.812 e. The first-order valence-corrected chi connectivity index (χ1v) is 8.38. The fourth-order valence-electron chi connectivity index (χ4n) is 1.29. The number of allylic oxidation sites excluding steroid dienone is 8. The van der Waals surface area contributed by atoms with Crippen LogP contribution in [-0.2, 0) is 22.9 Å². The predicted octanol–water partition coefficient (Wildman–Crippen LogP) is 0.412. The van der Waals surface area contributed by atoms with E-state index in [4.69, 9.17) is 20.7 Å². The van der Waals surface area contributed by atoms with E-state index in [-0.39, 0.29) is 0 Å². The third kappa shape index (κ3) is 8.24. The summed E-state index contributed by atoms with van der Waals surface area (Å²) >= 11 is -0.526. The molecule has 0 N–H and O–H groups in total. The Morgan fingerprint density at radius 3 is 1.53 bits per heavy atom. The number of hydrogen-bond acceptors (Lipinski definition) is 4. The number of nitriles is 2. The Morgan fingerprint density at radius 2 is 1.29 bits per heavy atom. The largest absolute Gasteiger partial charge is 0.812 e. The molecule has 0 atom stereocenters. The van der Waals surface area contributed by atoms with Gasteiger partial charge in [-0.1, -0.05) is 0 Å². The summed E-state index contributed by atoms with van der Waals surface area (Å²) < 4.78 is 3.50. The molecular formula is C12H10HfN2O2. The molecule has 2 aliphatic carbocycles. The summed E-state index contributed by atoms with van der Waals surface area (Å²) in [5.41, 5.74) is 0. The van der Waals surface area contributed by atoms with Gasteiger partial charge in [-0.15, -0.1) is 0 Å². The van der Waals surface area contributed by atoms with E-state index in [2.05, 4.69) is 36.5 Å². The van der Waals surface area contributed by atoms with Gasteiger partial charge in [0.15, 0.2) is 0 Å². The Hall–Kier alpha value is -1.59. The van der Waals surface area contributed by atoms with E-state index in [1.807, 2.05) is 0 Å². The van der Waals surface area contributed by atoms with Gasteiger partial charge in [-0.3, -0.25) is 0 Å². The van der Waals surface area contributed by atoms with Crippen LogP contribution in [0.5, 0.6) is 0 Å². The molecule has 0 aromatic rings. The van der Waals surface area contributed by atoms with Gasteiger partial charge >= 0.3 is 78.9 Å². The normalized spacial score (nSPS) is 13.8. The van der Waals surface area contributed by atoms with E-state index in [0.717, 1.165) is 0 Å². The zero-order valence-corrected chi connectivity index (χ0v) is 12.7. The Balaban J connectivity index is 0.000000366. The van der Waals surface area contributed by atoms with Gasteiger partial charge < -0.3 is 10.2 Å². The summed E-state index contributed by atoms with van der Waals surface area (Å²) in [4.78, 5) is 0. The first-order valence-electron chi connectivity index (χ1n) is 4.79. The fraction of sp³-hybridized carbons (Fsp3) is 0.167. The van der Waals surface area contributed by atoms with E-state index in [1.165, 1.54) is 12.8 Å². The van der Waals surface area contributed by atoms with Gasteiger partial charge in [0.25, 0.3) is 0 Å². The summed E-state index contributed by atoms with van der Waals surface area (Å²) in [6.45, 7) is 0. The van der Waals surface area contributed by atoms with Crippen LogP contribution in [0.4, 0.5) is 0 Å². The van der Waals surface area contributed by atoms with Gasteiger partial charge in [-0.05, 0) is 0 Å². The van der Waals surface area contributed by atoms with E-state index >= 15 is 0 Å². The predicted molar refractivity (Wildman–Crippen MR) is 54.9 cm³/mol. The van der Waals surface area contributed by atoms with Gasteiger partial charge in [0, 0.05) is 12.5 Å². The quantitative estimate of drug-likeness (QED) is 0.502. The van der Waals surface area contributed by atoms with Crippen molar-refractivity contribution in [3.05, 3.63) is 43.1 Å². The topological polar surface area (TPSA) is 93.7 Å². The SMILES string of the molecule is C1=CC[C]([Hf+2][C]2=CC=CC2)=C1.N#C[O-].N#C[O-]. The van der Waals surface area contributed by atoms with Crippen LogP contribution in [0.15, 0.2) is 43.1 Å². The summed E-state index contributed by atoms with van der Waals surface area (Å²) in [6.07, 6.45) is 17.1. The van der Waals surface area contributed by atoms with E-state index < -0.39 is 22.9 Å². The molecule has 0 unspecified atom stereocenters. The Bertz CT molecular complexity index is 383. The van der Waals surface area contributed by atoms with Crippen molar-refractivity contribution in [2.75, 3.05) is 0 Å². The second kappa shape index (κ2) is 10.9. The summed E-state index contributed by atoms with van der Waals surface area (Å²) in [5.74, 6) is 0. The van der Waals surface area contributed by atoms with Crippen LogP contribution in [0, 0.1) is 23.0 Å². The van der Waals surface area contributed by atoms with Gasteiger partial charge in [0.2, 0.25) is 0 Å². The second-order valence-electron chi connectivity index (χ2n) is 2.96. The third-order valence-electron chi connectivity index (χ3n) is 1.86. The smallest absolute Gasteiger partial charge is 0.0199 e. The third-order valence-corrected chi connectivity index (χ3v) is 6.84. The van der Waals surface area contributed by atoms with E-state index in [0.29, 0.717) is 12.5 Å². The van der Waals surface area contributed by atoms with Crippen molar-refractivity contribution >= 4 is 0 Å². The van der Waals surface area contributed by atoms with Gasteiger partial charge in [0.1, 0.15) is 0 Å². The molecule has 0 aliphatic heterocycles. The van der Waals surface area contributed by atoms with Crippen molar-refractivity contribution in [1.82, 2.24) is 0 Å². The molecule has 17 heavy (non-hydrogen) atoms. The summed E-state index contributed by atoms with van der Waals surface area (Å²) in [7, 11) is 0. The fourth-order valence-corrected chi connectivity index (χ4v) is 5.64. The van der Waals surface area contributed by atoms with Crippen LogP contribution >= 0.6 is 0 Å². The van der Waals surface area contributed by atoms with E-state index in [9.17, 15) is 0 Å². The molecule has 2 aliphatic rings. The zero-order chi connectivity index (χ0) is 12.9. The monoisotopic (exact) mass is 394 g/mol. The van der Waals surface area contributed by atoms with Crippen LogP contribution in [0.1, 0.15) is 12.8 Å². The molecule has 0 aromatic carbocycles. The minimum atomic E-state index is -0.526. The first-order chi connectivity index (χ1) is 8.28. The molecular weight excluding hydrogens is 383 g/mol. The molecule has 0 amide bonds. The number of hydrogen-bond donors (Lipinski definition) is 0. The molecule has 0 saturated heterocycles. The average Bonchev–Trinajstić information content (AvgIpc) is 2.94. The Morgan fingerprint density at radius 1 is 0.941 bits per heavy atom. The summed E-state index contributed by atoms with van der Waals surface area (Å²) in [6, 6.07) is 0. The van der Waals surface area contributed by atoms with Gasteiger partial charge in [-0.25, -0.2) is 10.5 Å². The van der Waals surface area contributed by atoms with Crippen molar-refractivity contribution in [2.24, 2.45) is 0 Å². The maximum atomic E-state index is 8.24. The maximum Gasteiger partial charge on any atom is 0.0199 e. The molecule has 0 saturated carbocycles. The van der Waals surface area contributed by atoms with Crippen LogP contribution in [0.2, 0.25) is 0 Å². The standard InChI is InChI=1S/2C5H5.2CHNO.Hf/c2*1-2-4-5-3-1;2*2-1-3;/h2*1-3H,4H2;2*3H;/q;;;;+2/p-2. The Labute approximate surface area is 112 Å². The van der Waals surface area contributed by atoms with Crippen LogP contribution in [-0.4, -0.2) is 0 Å². The molecule has 4 nitrogen and oxygen atoms in total. The maximum absolute atomic E-state index is 8.24. The van der Waals surface area contributed by atoms with Gasteiger partial charge in [-0.2, -0.15) is 0 Å². The zero-order valence-electron chi connectivity index (χ0n) is 9.09. The average molecular weight is 393 g/mol. The van der Waals surface area contributed by atoms with Crippen LogP contribution < -0.4 is 10.2 Å². The van der Waals surface area contributed by atoms with Crippen molar-refractivity contribution in [1.29, 1.82) is 10.5 Å². The van der Waals surface area contributed by atoms with Crippen molar-refractivity contribution in [3.63, 3.8) is 0 Å². The molecule has 0 spiro atoms. The number of rotatable bonds is 2. The van der Waals surface area contributed by atoms with E-state index in [1.54, 1.807) is 6.66 Å². The molecule has 0 aromatic heterocycles.